The zero-order chi connectivity index (χ0) is 31.2. The van der Waals surface area contributed by atoms with Gasteiger partial charge < -0.3 is 15.1 Å². The Hall–Kier alpha value is -5.16. The Kier molecular flexibility index (Phi) is 8.15. The molecule has 0 aliphatic carbocycles. The predicted octanol–water partition coefficient (Wildman–Crippen LogP) is 9.02. The molecule has 47 heavy (non-hydrogen) atoms. The molecule has 0 saturated heterocycles. The zero-order valence-corrected chi connectivity index (χ0v) is 29.2. The number of aliphatic hydroxyl groups excluding tert-OH is 1. The van der Waals surface area contributed by atoms with E-state index in [9.17, 15) is 5.11 Å². The Bertz CT molecular complexity index is 2300. The van der Waals surface area contributed by atoms with Crippen molar-refractivity contribution in [1.82, 2.24) is 19.9 Å². The van der Waals surface area contributed by atoms with E-state index < -0.39 is 0 Å². The minimum atomic E-state index is -0.195. The van der Waals surface area contributed by atoms with Gasteiger partial charge in [-0.25, -0.2) is 9.97 Å². The van der Waals surface area contributed by atoms with E-state index >= 15 is 0 Å². The third-order valence-corrected chi connectivity index (χ3v) is 8.62. The van der Waals surface area contributed by atoms with E-state index in [1.807, 2.05) is 42.5 Å². The van der Waals surface area contributed by atoms with Crippen molar-refractivity contribution in [2.24, 2.45) is 0 Å². The number of hydrogen-bond acceptors (Lipinski definition) is 3. The van der Waals surface area contributed by atoms with Crippen LogP contribution in [0.2, 0.25) is 0 Å². The van der Waals surface area contributed by atoms with Crippen molar-refractivity contribution in [1.29, 1.82) is 0 Å². The number of hydrogen-bond donors (Lipinski definition) is 1. The van der Waals surface area contributed by atoms with Crippen LogP contribution in [0.3, 0.4) is 0 Å². The van der Waals surface area contributed by atoms with Gasteiger partial charge in [0.05, 0.1) is 29.4 Å². The largest absolute Gasteiger partial charge is 2.00 e. The van der Waals surface area contributed by atoms with Gasteiger partial charge in [-0.05, 0) is 77.1 Å². The van der Waals surface area contributed by atoms with Crippen LogP contribution in [0.1, 0.15) is 39.5 Å². The number of nitrogens with zero attached hydrogens (tertiary/aromatic N) is 4. The van der Waals surface area contributed by atoms with Gasteiger partial charge in [0.1, 0.15) is 0 Å². The van der Waals surface area contributed by atoms with Gasteiger partial charge in [0, 0.05) is 0 Å². The number of aryl methyl sites for hydroxylation is 2. The average Bonchev–Trinajstić information content (AvgIpc) is 3.91. The summed E-state index contributed by atoms with van der Waals surface area (Å²) in [6, 6.07) is 35.3. The fourth-order valence-corrected chi connectivity index (χ4v) is 6.24. The van der Waals surface area contributed by atoms with Crippen molar-refractivity contribution in [3.8, 4) is 33.4 Å². The SMILES string of the molecule is Cc1ccc(-c2c3nc(c(-c4ccccc4)c4ccc([n-]4)c(-c4ccc(C)cc4)c4nc(c(CO)c5ccc2[n-]5)C=C4)C=C3)cc1.[Zn+2]. The van der Waals surface area contributed by atoms with Gasteiger partial charge in [0.25, 0.3) is 0 Å². The van der Waals surface area contributed by atoms with Crippen molar-refractivity contribution in [3.63, 3.8) is 0 Å². The first-order chi connectivity index (χ1) is 22.6. The van der Waals surface area contributed by atoms with E-state index in [4.69, 9.17) is 19.9 Å². The molecule has 0 fully saturated rings. The average molecular weight is 660 g/mol. The molecule has 0 saturated carbocycles. The van der Waals surface area contributed by atoms with Gasteiger partial charge in [-0.1, -0.05) is 114 Å². The molecule has 0 amide bonds. The van der Waals surface area contributed by atoms with Crippen molar-refractivity contribution >= 4 is 46.4 Å². The van der Waals surface area contributed by atoms with Crippen molar-refractivity contribution in [2.45, 2.75) is 20.5 Å². The van der Waals surface area contributed by atoms with E-state index in [-0.39, 0.29) is 26.1 Å². The summed E-state index contributed by atoms with van der Waals surface area (Å²) in [5.41, 5.74) is 15.2. The van der Waals surface area contributed by atoms with Crippen LogP contribution in [0.25, 0.3) is 79.8 Å². The van der Waals surface area contributed by atoms with Crippen LogP contribution in [-0.2, 0) is 26.1 Å². The summed E-state index contributed by atoms with van der Waals surface area (Å²) in [6.45, 7) is 3.97. The summed E-state index contributed by atoms with van der Waals surface area (Å²) in [5.74, 6) is 0. The topological polar surface area (TPSA) is 74.2 Å². The van der Waals surface area contributed by atoms with Crippen molar-refractivity contribution in [3.05, 3.63) is 143 Å². The Morgan fingerprint density at radius 2 is 0.851 bits per heavy atom. The summed E-state index contributed by atoms with van der Waals surface area (Å²) in [4.78, 5) is 20.7. The maximum Gasteiger partial charge on any atom is 2.00 e. The maximum atomic E-state index is 10.6. The van der Waals surface area contributed by atoms with Crippen LogP contribution in [-0.4, -0.2) is 15.1 Å². The normalized spacial score (nSPS) is 11.9. The van der Waals surface area contributed by atoms with Gasteiger partial charge in [-0.3, -0.25) is 0 Å². The Morgan fingerprint density at radius 1 is 0.468 bits per heavy atom. The summed E-state index contributed by atoms with van der Waals surface area (Å²) >= 11 is 0. The molecule has 3 aromatic carbocycles. The molecule has 2 aliphatic heterocycles. The summed E-state index contributed by atoms with van der Waals surface area (Å²) in [5, 5.41) is 10.6. The first-order valence-corrected chi connectivity index (χ1v) is 15.4. The summed E-state index contributed by atoms with van der Waals surface area (Å²) in [7, 11) is 0. The molecule has 0 atom stereocenters. The van der Waals surface area contributed by atoms with E-state index in [0.717, 1.165) is 67.0 Å². The van der Waals surface area contributed by atoms with Gasteiger partial charge in [0.15, 0.2) is 0 Å². The van der Waals surface area contributed by atoms with Gasteiger partial charge in [-0.2, -0.15) is 0 Å². The molecular weight excluding hydrogens is 630 g/mol. The molecule has 0 unspecified atom stereocenters. The predicted molar refractivity (Wildman–Crippen MR) is 189 cm³/mol. The fourth-order valence-electron chi connectivity index (χ4n) is 6.24. The maximum absolute atomic E-state index is 10.6. The molecule has 5 nitrogen and oxygen atoms in total. The second-order valence-corrected chi connectivity index (χ2v) is 11.7. The number of fused-ring (bicyclic) bond motifs is 8. The van der Waals surface area contributed by atoms with Crippen molar-refractivity contribution in [2.75, 3.05) is 0 Å². The minimum Gasteiger partial charge on any atom is -0.657 e. The summed E-state index contributed by atoms with van der Waals surface area (Å²) in [6.07, 6.45) is 8.10. The molecule has 3 aromatic heterocycles. The molecule has 8 rings (SSSR count). The smallest absolute Gasteiger partial charge is 0.657 e. The first kappa shape index (κ1) is 30.5. The van der Waals surface area contributed by atoms with Gasteiger partial charge in [0.2, 0.25) is 0 Å². The van der Waals surface area contributed by atoms with E-state index in [1.54, 1.807) is 0 Å². The summed E-state index contributed by atoms with van der Waals surface area (Å²) < 4.78 is 0. The van der Waals surface area contributed by atoms with Crippen LogP contribution in [0.15, 0.2) is 103 Å². The third-order valence-electron chi connectivity index (χ3n) is 8.62. The molecule has 8 bridgehead atoms. The monoisotopic (exact) mass is 658 g/mol. The van der Waals surface area contributed by atoms with Crippen LogP contribution in [0.4, 0.5) is 0 Å². The number of aliphatic hydroxyl groups is 1. The van der Waals surface area contributed by atoms with Crippen LogP contribution in [0, 0.1) is 13.8 Å². The second-order valence-electron chi connectivity index (χ2n) is 11.7. The van der Waals surface area contributed by atoms with Crippen LogP contribution >= 0.6 is 0 Å². The molecule has 1 N–H and O–H groups in total. The molecule has 222 valence electrons. The quantitative estimate of drug-likeness (QED) is 0.191. The minimum absolute atomic E-state index is 0. The van der Waals surface area contributed by atoms with Crippen molar-refractivity contribution < 1.29 is 24.6 Å². The fraction of sp³-hybridized carbons (Fsp3) is 0.0732. The van der Waals surface area contributed by atoms with E-state index in [2.05, 4.69) is 98.8 Å². The first-order valence-electron chi connectivity index (χ1n) is 15.4. The second kappa shape index (κ2) is 12.6. The number of rotatable bonds is 4. The third kappa shape index (κ3) is 5.61. The molecule has 6 aromatic rings. The van der Waals surface area contributed by atoms with Gasteiger partial charge in [-0.15, -0.1) is 22.1 Å². The van der Waals surface area contributed by atoms with E-state index in [1.165, 1.54) is 11.1 Å². The Morgan fingerprint density at radius 3 is 1.32 bits per heavy atom. The molecule has 5 heterocycles. The Labute approximate surface area is 286 Å². The van der Waals surface area contributed by atoms with E-state index in [0.29, 0.717) is 16.8 Å². The van der Waals surface area contributed by atoms with Crippen LogP contribution in [0.5, 0.6) is 0 Å². The Balaban J connectivity index is 0.00000351. The zero-order valence-electron chi connectivity index (χ0n) is 26.3. The molecule has 0 spiro atoms. The number of aromatic nitrogens is 4. The molecule has 0 radical (unpaired) electrons. The molecular formula is C41H30N4OZn. The standard InChI is InChI=1S/C41H30N4O.Zn/c1-25-8-12-28(13-9-25)40-33-18-16-31(42-33)30(24-46)32-17-19-34(43-32)41(29-14-10-26(2)11-15-29)38-23-21-36(45-38)39(27-6-4-3-5-7-27)35-20-22-37(40)44-35;/h3-23,46H,24H2,1-2H3;/q-2;+2. The van der Waals surface area contributed by atoms with Crippen LogP contribution < -0.4 is 9.97 Å². The molecule has 6 heteroatoms. The van der Waals surface area contributed by atoms with Gasteiger partial charge >= 0.3 is 19.5 Å². The molecule has 2 aliphatic rings. The number of benzene rings is 3.